The molecule has 0 saturated heterocycles. The molecule has 0 saturated carbocycles. The molecule has 0 aliphatic carbocycles. The number of rotatable bonds is 3. The van der Waals surface area contributed by atoms with E-state index in [1.165, 1.54) is 5.56 Å². The third-order valence-electron chi connectivity index (χ3n) is 2.31. The molecule has 0 spiro atoms. The van der Waals surface area contributed by atoms with Crippen LogP contribution >= 0.6 is 0 Å². The Bertz CT molecular complexity index is 283. The van der Waals surface area contributed by atoms with E-state index < -0.39 is 0 Å². The molecule has 0 amide bonds. The molecule has 0 radical (unpaired) electrons. The zero-order chi connectivity index (χ0) is 9.84. The van der Waals surface area contributed by atoms with Crippen LogP contribution in [0.1, 0.15) is 30.4 Å². The molecule has 1 aromatic rings. The predicted molar refractivity (Wildman–Crippen MR) is 54.9 cm³/mol. The van der Waals surface area contributed by atoms with E-state index in [4.69, 9.17) is 5.73 Å². The van der Waals surface area contributed by atoms with Crippen LogP contribution in [0.4, 0.5) is 0 Å². The van der Waals surface area contributed by atoms with Crippen LogP contribution in [0.25, 0.3) is 0 Å². The minimum Gasteiger partial charge on any atom is -0.508 e. The van der Waals surface area contributed by atoms with Crippen molar-refractivity contribution in [1.82, 2.24) is 0 Å². The Morgan fingerprint density at radius 3 is 2.77 bits per heavy atom. The van der Waals surface area contributed by atoms with Gasteiger partial charge in [0, 0.05) is 0 Å². The van der Waals surface area contributed by atoms with Crippen molar-refractivity contribution in [3.63, 3.8) is 0 Å². The zero-order valence-electron chi connectivity index (χ0n) is 8.25. The lowest BCUT2D eigenvalue weighted by atomic mass is 9.95. The highest BCUT2D eigenvalue weighted by Crippen LogP contribution is 2.28. The van der Waals surface area contributed by atoms with E-state index in [-0.39, 0.29) is 0 Å². The van der Waals surface area contributed by atoms with E-state index in [1.54, 1.807) is 6.07 Å². The lowest BCUT2D eigenvalue weighted by molar-refractivity contribution is 0.461. The first-order valence-electron chi connectivity index (χ1n) is 4.64. The van der Waals surface area contributed by atoms with Crippen molar-refractivity contribution in [3.05, 3.63) is 29.3 Å². The highest BCUT2D eigenvalue weighted by Gasteiger charge is 2.09. The number of phenols is 1. The van der Waals surface area contributed by atoms with Gasteiger partial charge in [0.2, 0.25) is 0 Å². The van der Waals surface area contributed by atoms with E-state index in [1.807, 2.05) is 19.1 Å². The molecule has 0 aliphatic heterocycles. The number of aryl methyl sites for hydroxylation is 1. The van der Waals surface area contributed by atoms with Crippen LogP contribution in [0.15, 0.2) is 18.2 Å². The highest BCUT2D eigenvalue weighted by molar-refractivity contribution is 5.37. The Kier molecular flexibility index (Phi) is 3.32. The van der Waals surface area contributed by atoms with Crippen LogP contribution in [0.3, 0.4) is 0 Å². The summed E-state index contributed by atoms with van der Waals surface area (Å²) in [6.45, 7) is 4.77. The molecule has 1 aromatic carbocycles. The quantitative estimate of drug-likeness (QED) is 0.746. The van der Waals surface area contributed by atoms with Crippen molar-refractivity contribution >= 4 is 0 Å². The number of hydrogen-bond acceptors (Lipinski definition) is 2. The molecule has 0 fully saturated rings. The highest BCUT2D eigenvalue weighted by atomic mass is 16.3. The Labute approximate surface area is 79.4 Å². The molecule has 13 heavy (non-hydrogen) atoms. The average Bonchev–Trinajstić information content (AvgIpc) is 2.09. The second-order valence-electron chi connectivity index (χ2n) is 3.54. The molecule has 1 unspecified atom stereocenters. The Morgan fingerprint density at radius 1 is 1.46 bits per heavy atom. The van der Waals surface area contributed by atoms with Crippen molar-refractivity contribution in [2.45, 2.75) is 26.2 Å². The fourth-order valence-corrected chi connectivity index (χ4v) is 1.47. The molecule has 0 bridgehead atoms. The van der Waals surface area contributed by atoms with Gasteiger partial charge >= 0.3 is 0 Å². The Balaban J connectivity index is 2.91. The molecule has 2 heteroatoms. The van der Waals surface area contributed by atoms with Crippen LogP contribution in [-0.2, 0) is 0 Å². The SMILES string of the molecule is Cc1ccc(O)c(C(C)CCN)c1. The first-order valence-corrected chi connectivity index (χ1v) is 4.64. The summed E-state index contributed by atoms with van der Waals surface area (Å²) in [6, 6.07) is 5.68. The van der Waals surface area contributed by atoms with Crippen LogP contribution in [0.2, 0.25) is 0 Å². The average molecular weight is 179 g/mol. The molecule has 2 nitrogen and oxygen atoms in total. The van der Waals surface area contributed by atoms with E-state index in [2.05, 4.69) is 6.92 Å². The number of hydrogen-bond donors (Lipinski definition) is 2. The summed E-state index contributed by atoms with van der Waals surface area (Å²) in [5.74, 6) is 0.719. The van der Waals surface area contributed by atoms with E-state index >= 15 is 0 Å². The van der Waals surface area contributed by atoms with Crippen molar-refractivity contribution < 1.29 is 5.11 Å². The van der Waals surface area contributed by atoms with Gasteiger partial charge in [-0.25, -0.2) is 0 Å². The maximum atomic E-state index is 9.59. The number of aromatic hydroxyl groups is 1. The zero-order valence-corrected chi connectivity index (χ0v) is 8.25. The van der Waals surface area contributed by atoms with Gasteiger partial charge in [-0.2, -0.15) is 0 Å². The van der Waals surface area contributed by atoms with E-state index in [0.29, 0.717) is 18.2 Å². The fourth-order valence-electron chi connectivity index (χ4n) is 1.47. The molecular formula is C11H17NO. The van der Waals surface area contributed by atoms with Gasteiger partial charge in [-0.05, 0) is 37.4 Å². The van der Waals surface area contributed by atoms with Gasteiger partial charge in [0.25, 0.3) is 0 Å². The van der Waals surface area contributed by atoms with Gasteiger partial charge < -0.3 is 10.8 Å². The van der Waals surface area contributed by atoms with E-state index in [9.17, 15) is 5.11 Å². The number of phenolic OH excluding ortho intramolecular Hbond substituents is 1. The maximum Gasteiger partial charge on any atom is 0.119 e. The van der Waals surface area contributed by atoms with Crippen LogP contribution in [0, 0.1) is 6.92 Å². The van der Waals surface area contributed by atoms with Gasteiger partial charge in [0.05, 0.1) is 0 Å². The molecule has 1 atom stereocenters. The summed E-state index contributed by atoms with van der Waals surface area (Å²) >= 11 is 0. The third kappa shape index (κ3) is 2.46. The lowest BCUT2D eigenvalue weighted by Crippen LogP contribution is -2.04. The van der Waals surface area contributed by atoms with Crippen molar-refractivity contribution in [2.75, 3.05) is 6.54 Å². The topological polar surface area (TPSA) is 46.2 Å². The smallest absolute Gasteiger partial charge is 0.119 e. The fraction of sp³-hybridized carbons (Fsp3) is 0.455. The normalized spacial score (nSPS) is 12.8. The van der Waals surface area contributed by atoms with Crippen molar-refractivity contribution in [1.29, 1.82) is 0 Å². The van der Waals surface area contributed by atoms with Crippen LogP contribution < -0.4 is 5.73 Å². The van der Waals surface area contributed by atoms with Crippen LogP contribution in [-0.4, -0.2) is 11.7 Å². The summed E-state index contributed by atoms with van der Waals surface area (Å²) in [5, 5.41) is 9.59. The van der Waals surface area contributed by atoms with Gasteiger partial charge in [0.1, 0.15) is 5.75 Å². The third-order valence-corrected chi connectivity index (χ3v) is 2.31. The largest absolute Gasteiger partial charge is 0.508 e. The molecule has 72 valence electrons. The van der Waals surface area contributed by atoms with Crippen molar-refractivity contribution in [2.24, 2.45) is 5.73 Å². The summed E-state index contributed by atoms with van der Waals surface area (Å²) in [4.78, 5) is 0. The van der Waals surface area contributed by atoms with Gasteiger partial charge in [-0.15, -0.1) is 0 Å². The summed E-state index contributed by atoms with van der Waals surface area (Å²) < 4.78 is 0. The first-order chi connectivity index (χ1) is 6.15. The molecule has 0 aromatic heterocycles. The lowest BCUT2D eigenvalue weighted by Gasteiger charge is -2.12. The van der Waals surface area contributed by atoms with Gasteiger partial charge in [0.15, 0.2) is 0 Å². The molecule has 1 rings (SSSR count). The number of benzene rings is 1. The van der Waals surface area contributed by atoms with Gasteiger partial charge in [-0.3, -0.25) is 0 Å². The first kappa shape index (κ1) is 10.1. The molecule has 0 aliphatic rings. The second kappa shape index (κ2) is 4.28. The minimum atomic E-state index is 0.338. The predicted octanol–water partition coefficient (Wildman–Crippen LogP) is 2.15. The summed E-state index contributed by atoms with van der Waals surface area (Å²) in [7, 11) is 0. The minimum absolute atomic E-state index is 0.338. The molecular weight excluding hydrogens is 162 g/mol. The second-order valence-corrected chi connectivity index (χ2v) is 3.54. The number of nitrogens with two attached hydrogens (primary N) is 1. The Hall–Kier alpha value is -1.02. The summed E-state index contributed by atoms with van der Waals surface area (Å²) in [5.41, 5.74) is 7.66. The summed E-state index contributed by atoms with van der Waals surface area (Å²) in [6.07, 6.45) is 0.914. The monoisotopic (exact) mass is 179 g/mol. The molecule has 0 heterocycles. The molecule has 3 N–H and O–H groups in total. The Morgan fingerprint density at radius 2 is 2.15 bits per heavy atom. The van der Waals surface area contributed by atoms with Gasteiger partial charge in [-0.1, -0.05) is 24.6 Å². The van der Waals surface area contributed by atoms with Crippen LogP contribution in [0.5, 0.6) is 5.75 Å². The van der Waals surface area contributed by atoms with E-state index in [0.717, 1.165) is 12.0 Å². The van der Waals surface area contributed by atoms with Crippen molar-refractivity contribution in [3.8, 4) is 5.75 Å². The maximum absolute atomic E-state index is 9.59. The standard InChI is InChI=1S/C11H17NO/c1-8-3-4-11(13)10(7-8)9(2)5-6-12/h3-4,7,9,13H,5-6,12H2,1-2H3.